The van der Waals surface area contributed by atoms with Gasteiger partial charge in [0.05, 0.1) is 4.90 Å². The van der Waals surface area contributed by atoms with Crippen molar-refractivity contribution < 1.29 is 17.9 Å². The fraction of sp³-hybridized carbons (Fsp3) is 0.240. The van der Waals surface area contributed by atoms with E-state index in [-0.39, 0.29) is 16.2 Å². The molecule has 1 atom stereocenters. The molecule has 0 saturated heterocycles. The summed E-state index contributed by atoms with van der Waals surface area (Å²) in [6.07, 6.45) is -0.723. The van der Waals surface area contributed by atoms with Gasteiger partial charge in [0, 0.05) is 11.4 Å². The Morgan fingerprint density at radius 1 is 0.844 bits per heavy atom. The molecule has 0 aliphatic rings. The van der Waals surface area contributed by atoms with E-state index in [1.807, 2.05) is 24.3 Å². The molecule has 0 aliphatic heterocycles. The van der Waals surface area contributed by atoms with Gasteiger partial charge in [0.25, 0.3) is 15.9 Å². The first-order chi connectivity index (χ1) is 15.0. The molecule has 3 aromatic carbocycles. The van der Waals surface area contributed by atoms with Crippen molar-refractivity contribution in [2.45, 2.75) is 44.1 Å². The standard InChI is InChI=1S/C25H28N2O4S/c1-18(31-22-14-10-19(11-15-22)25(2,3)4)24(28)26-20-12-16-23(17-13-20)32(29,30)27-21-8-6-5-7-9-21/h5-18,27H,1-4H3,(H,26,28)/t18-/m0/s1. The molecule has 0 aliphatic carbocycles. The minimum Gasteiger partial charge on any atom is -0.481 e. The molecule has 32 heavy (non-hydrogen) atoms. The summed E-state index contributed by atoms with van der Waals surface area (Å²) in [4.78, 5) is 12.6. The molecule has 1 amide bonds. The lowest BCUT2D eigenvalue weighted by Gasteiger charge is -2.20. The molecule has 0 aromatic heterocycles. The number of nitrogens with one attached hydrogen (secondary N) is 2. The predicted molar refractivity (Wildman–Crippen MR) is 128 cm³/mol. The number of carbonyl (C=O) groups excluding carboxylic acids is 1. The molecule has 3 rings (SSSR count). The highest BCUT2D eigenvalue weighted by Crippen LogP contribution is 2.25. The van der Waals surface area contributed by atoms with Crippen LogP contribution in [-0.4, -0.2) is 20.4 Å². The van der Waals surface area contributed by atoms with Crippen LogP contribution in [0.4, 0.5) is 11.4 Å². The van der Waals surface area contributed by atoms with Gasteiger partial charge < -0.3 is 10.1 Å². The maximum atomic E-state index is 12.5. The van der Waals surface area contributed by atoms with Crippen molar-refractivity contribution in [2.24, 2.45) is 0 Å². The maximum Gasteiger partial charge on any atom is 0.265 e. The second-order valence-electron chi connectivity index (χ2n) is 8.52. The Morgan fingerprint density at radius 2 is 1.44 bits per heavy atom. The van der Waals surface area contributed by atoms with E-state index >= 15 is 0 Å². The van der Waals surface area contributed by atoms with E-state index in [1.165, 1.54) is 17.7 Å². The fourth-order valence-electron chi connectivity index (χ4n) is 2.97. The van der Waals surface area contributed by atoms with Crippen molar-refractivity contribution in [1.29, 1.82) is 0 Å². The van der Waals surface area contributed by atoms with E-state index in [0.717, 1.165) is 0 Å². The van der Waals surface area contributed by atoms with E-state index in [4.69, 9.17) is 4.74 Å². The molecule has 0 saturated carbocycles. The summed E-state index contributed by atoms with van der Waals surface area (Å²) in [5.74, 6) is 0.275. The molecule has 6 nitrogen and oxygen atoms in total. The molecule has 0 radical (unpaired) electrons. The van der Waals surface area contributed by atoms with E-state index in [1.54, 1.807) is 49.4 Å². The largest absolute Gasteiger partial charge is 0.481 e. The summed E-state index contributed by atoms with van der Waals surface area (Å²) in [5.41, 5.74) is 2.18. The van der Waals surface area contributed by atoms with Crippen LogP contribution in [0.2, 0.25) is 0 Å². The molecular weight excluding hydrogens is 424 g/mol. The van der Waals surface area contributed by atoms with Crippen molar-refractivity contribution in [1.82, 2.24) is 0 Å². The van der Waals surface area contributed by atoms with Crippen LogP contribution >= 0.6 is 0 Å². The van der Waals surface area contributed by atoms with Crippen LogP contribution in [0.25, 0.3) is 0 Å². The lowest BCUT2D eigenvalue weighted by molar-refractivity contribution is -0.122. The molecule has 168 valence electrons. The Balaban J connectivity index is 1.60. The van der Waals surface area contributed by atoms with Gasteiger partial charge in [-0.1, -0.05) is 51.1 Å². The molecule has 3 aromatic rings. The summed E-state index contributed by atoms with van der Waals surface area (Å²) >= 11 is 0. The average Bonchev–Trinajstić information content (AvgIpc) is 2.74. The lowest BCUT2D eigenvalue weighted by Crippen LogP contribution is -2.30. The highest BCUT2D eigenvalue weighted by atomic mass is 32.2. The third-order valence-corrected chi connectivity index (χ3v) is 6.26. The Hall–Kier alpha value is -3.32. The number of benzene rings is 3. The minimum absolute atomic E-state index is 0.0395. The number of para-hydroxylation sites is 1. The quantitative estimate of drug-likeness (QED) is 0.517. The second-order valence-corrected chi connectivity index (χ2v) is 10.2. The summed E-state index contributed by atoms with van der Waals surface area (Å²) in [7, 11) is -3.72. The summed E-state index contributed by atoms with van der Waals surface area (Å²) in [5, 5.41) is 2.75. The zero-order chi connectivity index (χ0) is 23.4. The predicted octanol–water partition coefficient (Wildman–Crippen LogP) is 5.19. The highest BCUT2D eigenvalue weighted by molar-refractivity contribution is 7.92. The molecule has 0 spiro atoms. The van der Waals surface area contributed by atoms with Crippen LogP contribution in [0.5, 0.6) is 5.75 Å². The summed E-state index contributed by atoms with van der Waals surface area (Å²) in [6.45, 7) is 8.06. The average molecular weight is 453 g/mol. The molecule has 0 bridgehead atoms. The smallest absolute Gasteiger partial charge is 0.265 e. The van der Waals surface area contributed by atoms with Gasteiger partial charge in [-0.3, -0.25) is 9.52 Å². The van der Waals surface area contributed by atoms with Gasteiger partial charge in [0.2, 0.25) is 0 Å². The van der Waals surface area contributed by atoms with Crippen LogP contribution < -0.4 is 14.8 Å². The monoisotopic (exact) mass is 452 g/mol. The van der Waals surface area contributed by atoms with Crippen molar-refractivity contribution in [3.63, 3.8) is 0 Å². The van der Waals surface area contributed by atoms with Crippen LogP contribution in [0.15, 0.2) is 83.8 Å². The molecule has 7 heteroatoms. The third-order valence-electron chi connectivity index (χ3n) is 4.86. The maximum absolute atomic E-state index is 12.5. The normalized spacial score (nSPS) is 12.6. The number of ether oxygens (including phenoxy) is 1. The first-order valence-corrected chi connectivity index (χ1v) is 11.8. The SMILES string of the molecule is C[C@H](Oc1ccc(C(C)(C)C)cc1)C(=O)Nc1ccc(S(=O)(=O)Nc2ccccc2)cc1. The highest BCUT2D eigenvalue weighted by Gasteiger charge is 2.18. The molecule has 0 heterocycles. The number of anilines is 2. The van der Waals surface area contributed by atoms with Crippen LogP contribution in [-0.2, 0) is 20.2 Å². The van der Waals surface area contributed by atoms with Crippen molar-refractivity contribution in [3.05, 3.63) is 84.4 Å². The zero-order valence-corrected chi connectivity index (χ0v) is 19.4. The van der Waals surface area contributed by atoms with E-state index < -0.39 is 16.1 Å². The van der Waals surface area contributed by atoms with Crippen molar-refractivity contribution >= 4 is 27.3 Å². The van der Waals surface area contributed by atoms with Crippen molar-refractivity contribution in [3.8, 4) is 5.75 Å². The van der Waals surface area contributed by atoms with Gasteiger partial charge in [0.1, 0.15) is 5.75 Å². The topological polar surface area (TPSA) is 84.5 Å². The van der Waals surface area contributed by atoms with Crippen LogP contribution in [0.1, 0.15) is 33.3 Å². The number of sulfonamides is 1. The van der Waals surface area contributed by atoms with Gasteiger partial charge in [-0.15, -0.1) is 0 Å². The van der Waals surface area contributed by atoms with Gasteiger partial charge in [-0.25, -0.2) is 8.42 Å². The lowest BCUT2D eigenvalue weighted by atomic mass is 9.87. The fourth-order valence-corrected chi connectivity index (χ4v) is 4.03. The Bertz CT molecular complexity index is 1150. The minimum atomic E-state index is -3.72. The summed E-state index contributed by atoms with van der Waals surface area (Å²) < 4.78 is 33.3. The number of hydrogen-bond acceptors (Lipinski definition) is 4. The van der Waals surface area contributed by atoms with E-state index in [2.05, 4.69) is 30.8 Å². The first-order valence-electron chi connectivity index (χ1n) is 10.3. The molecular formula is C25H28N2O4S. The van der Waals surface area contributed by atoms with Crippen LogP contribution in [0, 0.1) is 0 Å². The van der Waals surface area contributed by atoms with E-state index in [9.17, 15) is 13.2 Å². The number of rotatable bonds is 7. The van der Waals surface area contributed by atoms with Gasteiger partial charge in [0.15, 0.2) is 6.10 Å². The van der Waals surface area contributed by atoms with Gasteiger partial charge >= 0.3 is 0 Å². The van der Waals surface area contributed by atoms with Crippen LogP contribution in [0.3, 0.4) is 0 Å². The summed E-state index contributed by atoms with van der Waals surface area (Å²) in [6, 6.07) is 22.3. The van der Waals surface area contributed by atoms with Crippen molar-refractivity contribution in [2.75, 3.05) is 10.0 Å². The molecule has 0 fully saturated rings. The van der Waals surface area contributed by atoms with E-state index in [0.29, 0.717) is 17.1 Å². The Morgan fingerprint density at radius 3 is 2.00 bits per heavy atom. The zero-order valence-electron chi connectivity index (χ0n) is 18.6. The van der Waals surface area contributed by atoms with Gasteiger partial charge in [-0.05, 0) is 66.4 Å². The number of carbonyl (C=O) groups is 1. The second kappa shape index (κ2) is 9.44. The van der Waals surface area contributed by atoms with Gasteiger partial charge in [-0.2, -0.15) is 0 Å². The number of amides is 1. The Labute approximate surface area is 189 Å². The number of hydrogen-bond donors (Lipinski definition) is 2. The third kappa shape index (κ3) is 6.11. The first kappa shape index (κ1) is 23.3. The molecule has 0 unspecified atom stereocenters. The molecule has 2 N–H and O–H groups in total. The Kier molecular flexibility index (Phi) is 6.89.